The van der Waals surface area contributed by atoms with Crippen molar-refractivity contribution in [3.05, 3.63) is 0 Å². The Morgan fingerprint density at radius 2 is 1.84 bits per heavy atom. The zero-order chi connectivity index (χ0) is 14.8. The molecule has 0 aliphatic carbocycles. The summed E-state index contributed by atoms with van der Waals surface area (Å²) in [5.74, 6) is -0.170. The van der Waals surface area contributed by atoms with Crippen molar-refractivity contribution >= 4 is 5.91 Å². The number of aliphatic hydroxyl groups is 1. The molecule has 1 atom stereocenters. The third kappa shape index (κ3) is 3.39. The van der Waals surface area contributed by atoms with Crippen LogP contribution in [0.5, 0.6) is 0 Å². The molecule has 1 unspecified atom stereocenters. The third-order valence-corrected chi connectivity index (χ3v) is 3.73. The van der Waals surface area contributed by atoms with Crippen molar-refractivity contribution in [2.45, 2.75) is 44.0 Å². The molecule has 1 amide bonds. The van der Waals surface area contributed by atoms with E-state index in [0.717, 1.165) is 0 Å². The Hall–Kier alpha value is -0.820. The molecule has 0 saturated carbocycles. The molecule has 19 heavy (non-hydrogen) atoms. The minimum absolute atomic E-state index is 0.0564. The van der Waals surface area contributed by atoms with Crippen molar-refractivity contribution in [1.82, 2.24) is 9.80 Å². The number of likely N-dealkylation sites (N-methyl/N-ethyl adjacent to an activating group) is 1. The lowest BCUT2D eigenvalue weighted by Gasteiger charge is -2.40. The molecule has 0 aromatic heterocycles. The second-order valence-corrected chi connectivity index (χ2v) is 5.24. The number of halogens is 3. The number of rotatable bonds is 3. The Bertz CT molecular complexity index is 323. The van der Waals surface area contributed by atoms with E-state index in [1.54, 1.807) is 19.0 Å². The average Bonchev–Trinajstić information content (AvgIpc) is 2.28. The molecule has 1 fully saturated rings. The van der Waals surface area contributed by atoms with E-state index in [-0.39, 0.29) is 25.0 Å². The number of nitrogens with zero attached hydrogens (tertiary/aromatic N) is 2. The molecule has 1 rings (SSSR count). The summed E-state index contributed by atoms with van der Waals surface area (Å²) in [6.45, 7) is 1.75. The molecular formula is C12H21F3N2O2. The number of piperidine rings is 1. The van der Waals surface area contributed by atoms with Crippen molar-refractivity contribution < 1.29 is 23.1 Å². The lowest BCUT2D eigenvalue weighted by molar-refractivity contribution is -0.272. The molecule has 1 aliphatic heterocycles. The van der Waals surface area contributed by atoms with E-state index < -0.39 is 24.6 Å². The van der Waals surface area contributed by atoms with Crippen LogP contribution in [-0.4, -0.2) is 65.8 Å². The van der Waals surface area contributed by atoms with Gasteiger partial charge in [-0.2, -0.15) is 13.2 Å². The van der Waals surface area contributed by atoms with Crippen LogP contribution >= 0.6 is 0 Å². The van der Waals surface area contributed by atoms with Crippen LogP contribution in [0.4, 0.5) is 13.2 Å². The summed E-state index contributed by atoms with van der Waals surface area (Å²) in [5.41, 5.74) is -2.65. The summed E-state index contributed by atoms with van der Waals surface area (Å²) in [6, 6.07) is -0.322. The van der Waals surface area contributed by atoms with E-state index in [9.17, 15) is 23.1 Å². The maximum absolute atomic E-state index is 12.6. The fraction of sp³-hybridized carbons (Fsp3) is 0.917. The molecule has 1 heterocycles. The number of hydrogen-bond donors (Lipinski definition) is 1. The Labute approximate surface area is 111 Å². The molecular weight excluding hydrogens is 261 g/mol. The van der Waals surface area contributed by atoms with Gasteiger partial charge in [0.15, 0.2) is 5.60 Å². The first kappa shape index (κ1) is 16.2. The van der Waals surface area contributed by atoms with Crippen molar-refractivity contribution in [3.8, 4) is 0 Å². The Kier molecular flexibility index (Phi) is 4.84. The van der Waals surface area contributed by atoms with Crippen LogP contribution in [0, 0.1) is 0 Å². The third-order valence-electron chi connectivity index (χ3n) is 3.73. The molecule has 0 bridgehead atoms. The molecule has 7 heteroatoms. The number of carbonyl (C=O) groups is 1. The first-order valence-electron chi connectivity index (χ1n) is 6.36. The van der Waals surface area contributed by atoms with Crippen molar-refractivity contribution in [3.63, 3.8) is 0 Å². The Morgan fingerprint density at radius 3 is 2.16 bits per heavy atom. The first-order chi connectivity index (χ1) is 8.62. The van der Waals surface area contributed by atoms with Gasteiger partial charge >= 0.3 is 6.18 Å². The summed E-state index contributed by atoms with van der Waals surface area (Å²) in [4.78, 5) is 15.3. The van der Waals surface area contributed by atoms with Crippen molar-refractivity contribution in [2.75, 3.05) is 27.2 Å². The highest BCUT2D eigenvalue weighted by molar-refractivity contribution is 5.81. The standard InChI is InChI=1S/C12H21F3N2O2/c1-4-9(16(2)3)10(18)17-7-5-11(19,6-8-17)12(13,14)15/h9,19H,4-8H2,1-3H3. The summed E-state index contributed by atoms with van der Waals surface area (Å²) in [6.07, 6.45) is -4.93. The van der Waals surface area contributed by atoms with E-state index >= 15 is 0 Å². The van der Waals surface area contributed by atoms with Gasteiger partial charge in [-0.15, -0.1) is 0 Å². The van der Waals surface area contributed by atoms with Gasteiger partial charge in [-0.3, -0.25) is 9.69 Å². The van der Waals surface area contributed by atoms with Gasteiger partial charge in [0.1, 0.15) is 0 Å². The normalized spacial score (nSPS) is 21.6. The molecule has 0 aromatic rings. The number of hydrogen-bond acceptors (Lipinski definition) is 3. The van der Waals surface area contributed by atoms with Crippen LogP contribution in [0.3, 0.4) is 0 Å². The van der Waals surface area contributed by atoms with E-state index in [1.807, 2.05) is 6.92 Å². The summed E-state index contributed by atoms with van der Waals surface area (Å²) in [7, 11) is 3.53. The Balaban J connectivity index is 2.66. The molecule has 0 aromatic carbocycles. The van der Waals surface area contributed by atoms with Crippen molar-refractivity contribution in [2.24, 2.45) is 0 Å². The predicted molar refractivity (Wildman–Crippen MR) is 64.6 cm³/mol. The zero-order valence-electron chi connectivity index (χ0n) is 11.5. The maximum Gasteiger partial charge on any atom is 0.417 e. The number of likely N-dealkylation sites (tertiary alicyclic amines) is 1. The van der Waals surface area contributed by atoms with Gasteiger partial charge in [0, 0.05) is 25.9 Å². The SMILES string of the molecule is CCC(C(=O)N1CCC(O)(C(F)(F)F)CC1)N(C)C. The van der Waals surface area contributed by atoms with E-state index in [2.05, 4.69) is 0 Å². The van der Waals surface area contributed by atoms with Gasteiger partial charge in [0.25, 0.3) is 0 Å². The van der Waals surface area contributed by atoms with Crippen LogP contribution in [0.25, 0.3) is 0 Å². The first-order valence-corrected chi connectivity index (χ1v) is 6.36. The van der Waals surface area contributed by atoms with Gasteiger partial charge < -0.3 is 10.0 Å². The van der Waals surface area contributed by atoms with Gasteiger partial charge in [0.2, 0.25) is 5.91 Å². The monoisotopic (exact) mass is 282 g/mol. The molecule has 1 aliphatic rings. The topological polar surface area (TPSA) is 43.8 Å². The fourth-order valence-corrected chi connectivity index (χ4v) is 2.35. The number of carbonyl (C=O) groups excluding carboxylic acids is 1. The molecule has 0 radical (unpaired) electrons. The largest absolute Gasteiger partial charge is 0.417 e. The minimum Gasteiger partial charge on any atom is -0.380 e. The van der Waals surface area contributed by atoms with Crippen LogP contribution in [0.15, 0.2) is 0 Å². The van der Waals surface area contributed by atoms with Crippen LogP contribution in [0.1, 0.15) is 26.2 Å². The lowest BCUT2D eigenvalue weighted by Crippen LogP contribution is -2.56. The molecule has 4 nitrogen and oxygen atoms in total. The quantitative estimate of drug-likeness (QED) is 0.847. The van der Waals surface area contributed by atoms with Gasteiger partial charge in [-0.05, 0) is 20.5 Å². The van der Waals surface area contributed by atoms with Crippen LogP contribution in [0.2, 0.25) is 0 Å². The van der Waals surface area contributed by atoms with E-state index in [4.69, 9.17) is 0 Å². The zero-order valence-corrected chi connectivity index (χ0v) is 11.5. The lowest BCUT2D eigenvalue weighted by atomic mass is 9.90. The van der Waals surface area contributed by atoms with Crippen LogP contribution in [-0.2, 0) is 4.79 Å². The predicted octanol–water partition coefficient (Wildman–Crippen LogP) is 1.24. The molecule has 1 saturated heterocycles. The van der Waals surface area contributed by atoms with Crippen LogP contribution < -0.4 is 0 Å². The van der Waals surface area contributed by atoms with Gasteiger partial charge in [-0.25, -0.2) is 0 Å². The summed E-state index contributed by atoms with van der Waals surface area (Å²) < 4.78 is 37.9. The fourth-order valence-electron chi connectivity index (χ4n) is 2.35. The molecule has 0 spiro atoms. The number of alkyl halides is 3. The van der Waals surface area contributed by atoms with Crippen molar-refractivity contribution in [1.29, 1.82) is 0 Å². The second-order valence-electron chi connectivity index (χ2n) is 5.24. The highest BCUT2D eigenvalue weighted by Gasteiger charge is 2.55. The maximum atomic E-state index is 12.6. The average molecular weight is 282 g/mol. The second kappa shape index (κ2) is 5.66. The molecule has 1 N–H and O–H groups in total. The number of amides is 1. The Morgan fingerprint density at radius 1 is 1.37 bits per heavy atom. The summed E-state index contributed by atoms with van der Waals surface area (Å²) in [5, 5.41) is 9.54. The summed E-state index contributed by atoms with van der Waals surface area (Å²) >= 11 is 0. The van der Waals surface area contributed by atoms with E-state index in [0.29, 0.717) is 6.42 Å². The molecule has 112 valence electrons. The van der Waals surface area contributed by atoms with Gasteiger partial charge in [0.05, 0.1) is 6.04 Å². The highest BCUT2D eigenvalue weighted by Crippen LogP contribution is 2.38. The van der Waals surface area contributed by atoms with Gasteiger partial charge in [-0.1, -0.05) is 6.92 Å². The minimum atomic E-state index is -4.63. The smallest absolute Gasteiger partial charge is 0.380 e. The van der Waals surface area contributed by atoms with E-state index in [1.165, 1.54) is 4.90 Å². The highest BCUT2D eigenvalue weighted by atomic mass is 19.4.